The highest BCUT2D eigenvalue weighted by Gasteiger charge is 2.06. The molecule has 0 aromatic heterocycles. The van der Waals surface area contributed by atoms with Crippen molar-refractivity contribution in [3.8, 4) is 0 Å². The average molecular weight is 168 g/mol. The minimum atomic E-state index is -0.281. The Hall–Kier alpha value is -0.930. The van der Waals surface area contributed by atoms with Crippen molar-refractivity contribution in [3.05, 3.63) is 35.1 Å². The van der Waals surface area contributed by atoms with E-state index >= 15 is 0 Å². The van der Waals surface area contributed by atoms with Crippen molar-refractivity contribution < 1.29 is 4.39 Å². The van der Waals surface area contributed by atoms with Gasteiger partial charge >= 0.3 is 0 Å². The maximum atomic E-state index is 13.0. The van der Waals surface area contributed by atoms with Gasteiger partial charge in [0.15, 0.2) is 0 Å². The van der Waals surface area contributed by atoms with E-state index in [0.29, 0.717) is 12.1 Å². The van der Waals surface area contributed by atoms with Crippen molar-refractivity contribution in [2.45, 2.75) is 19.5 Å². The fourth-order valence-electron chi connectivity index (χ4n) is 1.07. The number of nitrogens with two attached hydrogens (primary N) is 2. The molecule has 0 saturated heterocycles. The molecule has 4 N–H and O–H groups in total. The SMILES string of the molecule is C[C@H](N)c1cc(CN)ccc1F. The van der Waals surface area contributed by atoms with E-state index < -0.39 is 0 Å². The van der Waals surface area contributed by atoms with Gasteiger partial charge in [-0.3, -0.25) is 0 Å². The highest BCUT2D eigenvalue weighted by Crippen LogP contribution is 2.15. The summed E-state index contributed by atoms with van der Waals surface area (Å²) in [4.78, 5) is 0. The summed E-state index contributed by atoms with van der Waals surface area (Å²) in [6, 6.07) is 4.50. The van der Waals surface area contributed by atoms with Gasteiger partial charge in [0.1, 0.15) is 5.82 Å². The zero-order valence-electron chi connectivity index (χ0n) is 7.05. The first-order valence-corrected chi connectivity index (χ1v) is 3.89. The summed E-state index contributed by atoms with van der Waals surface area (Å²) >= 11 is 0. The van der Waals surface area contributed by atoms with Gasteiger partial charge in [0, 0.05) is 18.2 Å². The first kappa shape index (κ1) is 9.16. The first-order valence-electron chi connectivity index (χ1n) is 3.89. The van der Waals surface area contributed by atoms with Gasteiger partial charge in [0.2, 0.25) is 0 Å². The van der Waals surface area contributed by atoms with Crippen LogP contribution < -0.4 is 11.5 Å². The molecular weight excluding hydrogens is 155 g/mol. The van der Waals surface area contributed by atoms with Crippen molar-refractivity contribution in [1.82, 2.24) is 0 Å². The Bertz CT molecular complexity index is 271. The third-order valence-corrected chi connectivity index (χ3v) is 1.79. The molecule has 0 aliphatic heterocycles. The lowest BCUT2D eigenvalue weighted by Gasteiger charge is -2.08. The van der Waals surface area contributed by atoms with Crippen LogP contribution in [0.3, 0.4) is 0 Å². The Morgan fingerprint density at radius 2 is 2.17 bits per heavy atom. The molecule has 12 heavy (non-hydrogen) atoms. The van der Waals surface area contributed by atoms with Crippen LogP contribution in [-0.2, 0) is 6.54 Å². The van der Waals surface area contributed by atoms with Crippen molar-refractivity contribution >= 4 is 0 Å². The van der Waals surface area contributed by atoms with Crippen LogP contribution >= 0.6 is 0 Å². The van der Waals surface area contributed by atoms with Crippen LogP contribution in [0, 0.1) is 5.82 Å². The summed E-state index contributed by atoms with van der Waals surface area (Å²) < 4.78 is 13.0. The van der Waals surface area contributed by atoms with E-state index in [0.717, 1.165) is 5.56 Å². The Morgan fingerprint density at radius 1 is 1.50 bits per heavy atom. The second kappa shape index (κ2) is 3.65. The smallest absolute Gasteiger partial charge is 0.127 e. The molecule has 66 valence electrons. The van der Waals surface area contributed by atoms with E-state index in [4.69, 9.17) is 11.5 Å². The normalized spacial score (nSPS) is 13.0. The lowest BCUT2D eigenvalue weighted by atomic mass is 10.1. The molecule has 0 bridgehead atoms. The molecule has 0 saturated carbocycles. The monoisotopic (exact) mass is 168 g/mol. The minimum absolute atomic E-state index is 0.262. The summed E-state index contributed by atoms with van der Waals surface area (Å²) in [5.41, 5.74) is 12.4. The fourth-order valence-corrected chi connectivity index (χ4v) is 1.07. The van der Waals surface area contributed by atoms with Gasteiger partial charge in [-0.25, -0.2) is 4.39 Å². The van der Waals surface area contributed by atoms with Crippen molar-refractivity contribution in [2.75, 3.05) is 0 Å². The second-order valence-corrected chi connectivity index (χ2v) is 2.85. The Kier molecular flexibility index (Phi) is 2.78. The fraction of sp³-hybridized carbons (Fsp3) is 0.333. The van der Waals surface area contributed by atoms with Crippen molar-refractivity contribution in [2.24, 2.45) is 11.5 Å². The highest BCUT2D eigenvalue weighted by atomic mass is 19.1. The molecule has 1 aromatic carbocycles. The molecule has 3 heteroatoms. The van der Waals surface area contributed by atoms with Crippen molar-refractivity contribution in [1.29, 1.82) is 0 Å². The Morgan fingerprint density at radius 3 is 2.67 bits per heavy atom. The number of halogens is 1. The number of benzene rings is 1. The topological polar surface area (TPSA) is 52.0 Å². The van der Waals surface area contributed by atoms with Gasteiger partial charge in [-0.2, -0.15) is 0 Å². The van der Waals surface area contributed by atoms with Crippen molar-refractivity contribution in [3.63, 3.8) is 0 Å². The molecule has 2 nitrogen and oxygen atoms in total. The predicted octanol–water partition coefficient (Wildman–Crippen LogP) is 1.30. The van der Waals surface area contributed by atoms with Gasteiger partial charge in [-0.1, -0.05) is 12.1 Å². The summed E-state index contributed by atoms with van der Waals surface area (Å²) in [6.07, 6.45) is 0. The summed E-state index contributed by atoms with van der Waals surface area (Å²) in [6.45, 7) is 2.17. The van der Waals surface area contributed by atoms with Gasteiger partial charge in [-0.05, 0) is 18.6 Å². The van der Waals surface area contributed by atoms with E-state index in [9.17, 15) is 4.39 Å². The third-order valence-electron chi connectivity index (χ3n) is 1.79. The molecule has 0 radical (unpaired) electrons. The third kappa shape index (κ3) is 1.81. The van der Waals surface area contributed by atoms with Gasteiger partial charge < -0.3 is 11.5 Å². The molecule has 1 aromatic rings. The standard InChI is InChI=1S/C9H13FN2/c1-6(12)8-4-7(5-11)2-3-9(8)10/h2-4,6H,5,11-12H2,1H3/t6-/m0/s1. The van der Waals surface area contributed by atoms with Gasteiger partial charge in [0.25, 0.3) is 0 Å². The molecule has 0 amide bonds. The van der Waals surface area contributed by atoms with Crippen LogP contribution in [-0.4, -0.2) is 0 Å². The van der Waals surface area contributed by atoms with Crippen LogP contribution in [0.5, 0.6) is 0 Å². The van der Waals surface area contributed by atoms with E-state index in [-0.39, 0.29) is 11.9 Å². The average Bonchev–Trinajstić information content (AvgIpc) is 2.05. The Labute approximate surface area is 71.4 Å². The van der Waals surface area contributed by atoms with E-state index in [1.165, 1.54) is 6.07 Å². The quantitative estimate of drug-likeness (QED) is 0.699. The molecule has 1 rings (SSSR count). The minimum Gasteiger partial charge on any atom is -0.326 e. The van der Waals surface area contributed by atoms with Crippen LogP contribution in [0.1, 0.15) is 24.1 Å². The maximum Gasteiger partial charge on any atom is 0.127 e. The molecule has 0 spiro atoms. The summed E-state index contributed by atoms with van der Waals surface area (Å²) in [7, 11) is 0. The van der Waals surface area contributed by atoms with E-state index in [1.807, 2.05) is 0 Å². The van der Waals surface area contributed by atoms with Crippen LogP contribution in [0.2, 0.25) is 0 Å². The zero-order valence-corrected chi connectivity index (χ0v) is 7.05. The molecule has 0 heterocycles. The number of hydrogen-bond acceptors (Lipinski definition) is 2. The van der Waals surface area contributed by atoms with E-state index in [1.54, 1.807) is 19.1 Å². The Balaban J connectivity index is 3.08. The molecule has 0 aliphatic rings. The molecule has 1 atom stereocenters. The molecule has 0 fully saturated rings. The lowest BCUT2D eigenvalue weighted by Crippen LogP contribution is -2.09. The number of rotatable bonds is 2. The molecule has 0 unspecified atom stereocenters. The maximum absolute atomic E-state index is 13.0. The summed E-state index contributed by atoms with van der Waals surface area (Å²) in [5, 5.41) is 0. The van der Waals surface area contributed by atoms with Crippen LogP contribution in [0.15, 0.2) is 18.2 Å². The second-order valence-electron chi connectivity index (χ2n) is 2.85. The van der Waals surface area contributed by atoms with E-state index in [2.05, 4.69) is 0 Å². The van der Waals surface area contributed by atoms with Crippen LogP contribution in [0.25, 0.3) is 0 Å². The molecule has 0 aliphatic carbocycles. The highest BCUT2D eigenvalue weighted by molar-refractivity contribution is 5.26. The van der Waals surface area contributed by atoms with Gasteiger partial charge in [0.05, 0.1) is 0 Å². The predicted molar refractivity (Wildman–Crippen MR) is 46.9 cm³/mol. The molecular formula is C9H13FN2. The number of hydrogen-bond donors (Lipinski definition) is 2. The largest absolute Gasteiger partial charge is 0.326 e. The summed E-state index contributed by atoms with van der Waals surface area (Å²) in [5.74, 6) is -0.262. The van der Waals surface area contributed by atoms with Gasteiger partial charge in [-0.15, -0.1) is 0 Å². The van der Waals surface area contributed by atoms with Crippen LogP contribution in [0.4, 0.5) is 4.39 Å². The lowest BCUT2D eigenvalue weighted by molar-refractivity contribution is 0.592. The zero-order chi connectivity index (χ0) is 9.14. The first-order chi connectivity index (χ1) is 5.65.